The SMILES string of the molecule is NC(CN1CCN(c2nncs2)CC1)=NO. The van der Waals surface area contributed by atoms with Gasteiger partial charge in [-0.15, -0.1) is 10.2 Å². The van der Waals surface area contributed by atoms with Gasteiger partial charge in [0.05, 0.1) is 6.54 Å². The summed E-state index contributed by atoms with van der Waals surface area (Å²) < 4.78 is 0. The second-order valence-corrected chi connectivity index (χ2v) is 4.39. The Balaban J connectivity index is 1.83. The van der Waals surface area contributed by atoms with E-state index in [4.69, 9.17) is 10.9 Å². The van der Waals surface area contributed by atoms with Crippen LogP contribution in [-0.2, 0) is 0 Å². The van der Waals surface area contributed by atoms with Crippen molar-refractivity contribution in [2.24, 2.45) is 10.9 Å². The fourth-order valence-electron chi connectivity index (χ4n) is 1.66. The summed E-state index contributed by atoms with van der Waals surface area (Å²) in [5.41, 5.74) is 7.19. The lowest BCUT2D eigenvalue weighted by atomic mass is 10.3. The van der Waals surface area contributed by atoms with Crippen LogP contribution in [-0.4, -0.2) is 58.9 Å². The van der Waals surface area contributed by atoms with Gasteiger partial charge in [0, 0.05) is 26.2 Å². The van der Waals surface area contributed by atoms with Crippen molar-refractivity contribution >= 4 is 22.3 Å². The smallest absolute Gasteiger partial charge is 0.208 e. The maximum atomic E-state index is 8.48. The molecule has 1 fully saturated rings. The molecule has 0 radical (unpaired) electrons. The molecule has 0 unspecified atom stereocenters. The maximum absolute atomic E-state index is 8.48. The van der Waals surface area contributed by atoms with Crippen LogP contribution in [0.15, 0.2) is 10.7 Å². The van der Waals surface area contributed by atoms with Crippen molar-refractivity contribution < 1.29 is 5.21 Å². The van der Waals surface area contributed by atoms with Crippen molar-refractivity contribution in [2.45, 2.75) is 0 Å². The highest BCUT2D eigenvalue weighted by Crippen LogP contribution is 2.17. The quantitative estimate of drug-likeness (QED) is 0.318. The zero-order valence-electron chi connectivity index (χ0n) is 8.78. The molecular weight excluding hydrogens is 228 g/mol. The van der Waals surface area contributed by atoms with Gasteiger partial charge in [0.25, 0.3) is 0 Å². The van der Waals surface area contributed by atoms with Crippen molar-refractivity contribution in [2.75, 3.05) is 37.6 Å². The second-order valence-electron chi connectivity index (χ2n) is 3.58. The van der Waals surface area contributed by atoms with Gasteiger partial charge in [-0.05, 0) is 0 Å². The molecule has 1 aliphatic rings. The first kappa shape index (κ1) is 11.1. The molecular formula is C8H14N6OS. The van der Waals surface area contributed by atoms with Crippen LogP contribution < -0.4 is 10.6 Å². The second kappa shape index (κ2) is 5.08. The van der Waals surface area contributed by atoms with Gasteiger partial charge in [-0.1, -0.05) is 16.5 Å². The molecule has 3 N–H and O–H groups in total. The van der Waals surface area contributed by atoms with Gasteiger partial charge >= 0.3 is 0 Å². The molecule has 2 heterocycles. The zero-order chi connectivity index (χ0) is 11.4. The largest absolute Gasteiger partial charge is 0.409 e. The Morgan fingerprint density at radius 1 is 1.50 bits per heavy atom. The van der Waals surface area contributed by atoms with Crippen LogP contribution in [0.5, 0.6) is 0 Å². The standard InChI is InChI=1S/C8H14N6OS/c9-7(12-15)5-13-1-3-14(4-2-13)8-11-10-6-16-8/h6,15H,1-5H2,(H2,9,12). The highest BCUT2D eigenvalue weighted by atomic mass is 32.1. The highest BCUT2D eigenvalue weighted by Gasteiger charge is 2.19. The van der Waals surface area contributed by atoms with Gasteiger partial charge in [0.2, 0.25) is 5.13 Å². The van der Waals surface area contributed by atoms with E-state index in [-0.39, 0.29) is 5.84 Å². The monoisotopic (exact) mass is 242 g/mol. The van der Waals surface area contributed by atoms with Crippen molar-refractivity contribution in [3.8, 4) is 0 Å². The van der Waals surface area contributed by atoms with Gasteiger partial charge in [-0.25, -0.2) is 0 Å². The Labute approximate surface area is 97.2 Å². The molecule has 7 nitrogen and oxygen atoms in total. The lowest BCUT2D eigenvalue weighted by molar-refractivity contribution is 0.278. The van der Waals surface area contributed by atoms with E-state index < -0.39 is 0 Å². The van der Waals surface area contributed by atoms with E-state index in [1.165, 1.54) is 0 Å². The first-order chi connectivity index (χ1) is 7.79. The number of hydrogen-bond acceptors (Lipinski definition) is 7. The third-order valence-electron chi connectivity index (χ3n) is 2.51. The van der Waals surface area contributed by atoms with E-state index in [0.29, 0.717) is 6.54 Å². The van der Waals surface area contributed by atoms with Crippen LogP contribution in [0.4, 0.5) is 5.13 Å². The number of anilines is 1. The van der Waals surface area contributed by atoms with Gasteiger partial charge in [0.1, 0.15) is 5.51 Å². The number of oxime groups is 1. The average Bonchev–Trinajstić information content (AvgIpc) is 2.83. The number of rotatable bonds is 3. The Morgan fingerprint density at radius 3 is 2.81 bits per heavy atom. The summed E-state index contributed by atoms with van der Waals surface area (Å²) in [7, 11) is 0. The molecule has 88 valence electrons. The van der Waals surface area contributed by atoms with Crippen LogP contribution in [0.25, 0.3) is 0 Å². The van der Waals surface area contributed by atoms with Crippen molar-refractivity contribution in [1.29, 1.82) is 0 Å². The third kappa shape index (κ3) is 2.58. The van der Waals surface area contributed by atoms with E-state index in [0.717, 1.165) is 31.3 Å². The summed E-state index contributed by atoms with van der Waals surface area (Å²) in [6.07, 6.45) is 0. The molecule has 0 atom stereocenters. The Bertz CT molecular complexity index is 345. The summed E-state index contributed by atoms with van der Waals surface area (Å²) >= 11 is 1.55. The minimum Gasteiger partial charge on any atom is -0.409 e. The molecule has 0 aliphatic carbocycles. The Kier molecular flexibility index (Phi) is 3.52. The predicted molar refractivity (Wildman–Crippen MR) is 62.0 cm³/mol. The average molecular weight is 242 g/mol. The van der Waals surface area contributed by atoms with E-state index in [1.54, 1.807) is 16.8 Å². The van der Waals surface area contributed by atoms with Crippen molar-refractivity contribution in [3.05, 3.63) is 5.51 Å². The molecule has 1 aromatic rings. The first-order valence-electron chi connectivity index (χ1n) is 4.99. The van der Waals surface area contributed by atoms with Crippen LogP contribution in [0.2, 0.25) is 0 Å². The van der Waals surface area contributed by atoms with E-state index >= 15 is 0 Å². The molecule has 1 aliphatic heterocycles. The summed E-state index contributed by atoms with van der Waals surface area (Å²) in [4.78, 5) is 4.34. The van der Waals surface area contributed by atoms with Gasteiger partial charge in [-0.3, -0.25) is 4.90 Å². The predicted octanol–water partition coefficient (Wildman–Crippen LogP) is -0.594. The number of hydrogen-bond donors (Lipinski definition) is 2. The minimum absolute atomic E-state index is 0.254. The zero-order valence-corrected chi connectivity index (χ0v) is 9.60. The summed E-state index contributed by atoms with van der Waals surface area (Å²) in [5, 5.41) is 20.3. The number of amidine groups is 1. The molecule has 0 spiro atoms. The lowest BCUT2D eigenvalue weighted by Crippen LogP contribution is -2.48. The molecule has 1 aromatic heterocycles. The maximum Gasteiger partial charge on any atom is 0.208 e. The Hall–Kier alpha value is -1.41. The molecule has 2 rings (SSSR count). The summed E-state index contributed by atoms with van der Waals surface area (Å²) in [6.45, 7) is 4.08. The summed E-state index contributed by atoms with van der Waals surface area (Å²) in [5.74, 6) is 0.254. The van der Waals surface area contributed by atoms with Crippen LogP contribution in [0, 0.1) is 0 Å². The normalized spacial score (nSPS) is 19.0. The molecule has 0 saturated carbocycles. The fraction of sp³-hybridized carbons (Fsp3) is 0.625. The first-order valence-corrected chi connectivity index (χ1v) is 5.87. The molecule has 8 heteroatoms. The number of aromatic nitrogens is 2. The molecule has 0 bridgehead atoms. The summed E-state index contributed by atoms with van der Waals surface area (Å²) in [6, 6.07) is 0. The van der Waals surface area contributed by atoms with E-state index in [1.807, 2.05) is 0 Å². The topological polar surface area (TPSA) is 90.9 Å². The number of nitrogens with zero attached hydrogens (tertiary/aromatic N) is 5. The van der Waals surface area contributed by atoms with Crippen molar-refractivity contribution in [1.82, 2.24) is 15.1 Å². The van der Waals surface area contributed by atoms with Crippen LogP contribution >= 0.6 is 11.3 Å². The number of nitrogens with two attached hydrogens (primary N) is 1. The van der Waals surface area contributed by atoms with E-state index in [9.17, 15) is 0 Å². The lowest BCUT2D eigenvalue weighted by Gasteiger charge is -2.33. The van der Waals surface area contributed by atoms with Crippen LogP contribution in [0.1, 0.15) is 0 Å². The fourth-order valence-corrected chi connectivity index (χ4v) is 2.28. The highest BCUT2D eigenvalue weighted by molar-refractivity contribution is 7.13. The third-order valence-corrected chi connectivity index (χ3v) is 3.26. The van der Waals surface area contributed by atoms with Crippen molar-refractivity contribution in [3.63, 3.8) is 0 Å². The van der Waals surface area contributed by atoms with Gasteiger partial charge in [0.15, 0.2) is 5.84 Å². The molecule has 16 heavy (non-hydrogen) atoms. The van der Waals surface area contributed by atoms with E-state index in [2.05, 4.69) is 25.2 Å². The van der Waals surface area contributed by atoms with Gasteiger partial charge < -0.3 is 15.8 Å². The minimum atomic E-state index is 0.254. The van der Waals surface area contributed by atoms with Crippen LogP contribution in [0.3, 0.4) is 0 Å². The molecule has 0 amide bonds. The number of piperazine rings is 1. The van der Waals surface area contributed by atoms with Gasteiger partial charge in [-0.2, -0.15) is 0 Å². The molecule has 0 aromatic carbocycles. The Morgan fingerprint density at radius 2 is 2.25 bits per heavy atom. The molecule has 1 saturated heterocycles.